The first-order chi connectivity index (χ1) is 10.1. The molecule has 0 aliphatic heterocycles. The number of nitrogens with zero attached hydrogens (tertiary/aromatic N) is 2. The average molecular weight is 286 g/mol. The maximum Gasteiger partial charge on any atom is 0.188 e. The van der Waals surface area contributed by atoms with Crippen molar-refractivity contribution >= 4 is 5.96 Å². The minimum Gasteiger partial charge on any atom is -0.370 e. The summed E-state index contributed by atoms with van der Waals surface area (Å²) in [5.74, 6) is 1.83. The van der Waals surface area contributed by atoms with Crippen molar-refractivity contribution in [1.82, 2.24) is 10.5 Å². The average Bonchev–Trinajstić information content (AvgIpc) is 2.94. The molecule has 1 heterocycles. The molecular formula is C16H22N4O. The number of aromatic nitrogens is 1. The summed E-state index contributed by atoms with van der Waals surface area (Å²) in [7, 11) is 0. The Morgan fingerprint density at radius 3 is 2.81 bits per heavy atom. The molecule has 1 aromatic heterocycles. The fourth-order valence-electron chi connectivity index (χ4n) is 1.84. The SMILES string of the molecule is CC(C)CCNC(N)=NCc1cc(-c2ccccc2)on1. The van der Waals surface area contributed by atoms with Gasteiger partial charge in [0.25, 0.3) is 0 Å². The molecule has 5 heteroatoms. The van der Waals surface area contributed by atoms with Crippen molar-refractivity contribution in [1.29, 1.82) is 0 Å². The van der Waals surface area contributed by atoms with Crippen molar-refractivity contribution in [3.05, 3.63) is 42.1 Å². The Bertz CT molecular complexity index is 575. The van der Waals surface area contributed by atoms with Crippen LogP contribution < -0.4 is 11.1 Å². The number of aliphatic imine (C=N–C) groups is 1. The van der Waals surface area contributed by atoms with Gasteiger partial charge in [-0.05, 0) is 12.3 Å². The van der Waals surface area contributed by atoms with Gasteiger partial charge in [0.2, 0.25) is 0 Å². The van der Waals surface area contributed by atoms with Gasteiger partial charge in [-0.1, -0.05) is 49.3 Å². The van der Waals surface area contributed by atoms with E-state index in [-0.39, 0.29) is 0 Å². The van der Waals surface area contributed by atoms with E-state index in [1.165, 1.54) is 0 Å². The predicted octanol–water partition coefficient (Wildman–Crippen LogP) is 2.79. The molecule has 21 heavy (non-hydrogen) atoms. The molecular weight excluding hydrogens is 264 g/mol. The molecule has 3 N–H and O–H groups in total. The number of hydrogen-bond donors (Lipinski definition) is 2. The first kappa shape index (κ1) is 15.1. The number of hydrogen-bond acceptors (Lipinski definition) is 3. The largest absolute Gasteiger partial charge is 0.370 e. The smallest absolute Gasteiger partial charge is 0.188 e. The molecule has 0 saturated heterocycles. The van der Waals surface area contributed by atoms with Crippen LogP contribution in [-0.4, -0.2) is 17.7 Å². The zero-order chi connectivity index (χ0) is 15.1. The third-order valence-electron chi connectivity index (χ3n) is 3.06. The van der Waals surface area contributed by atoms with Gasteiger partial charge >= 0.3 is 0 Å². The van der Waals surface area contributed by atoms with Crippen LogP contribution in [0.5, 0.6) is 0 Å². The summed E-state index contributed by atoms with van der Waals surface area (Å²) in [4.78, 5) is 4.26. The maximum absolute atomic E-state index is 5.81. The highest BCUT2D eigenvalue weighted by atomic mass is 16.5. The van der Waals surface area contributed by atoms with Gasteiger partial charge in [0.15, 0.2) is 11.7 Å². The van der Waals surface area contributed by atoms with Gasteiger partial charge in [0.05, 0.1) is 6.54 Å². The van der Waals surface area contributed by atoms with E-state index in [1.807, 2.05) is 36.4 Å². The molecule has 0 spiro atoms. The molecule has 112 valence electrons. The van der Waals surface area contributed by atoms with Crippen LogP contribution >= 0.6 is 0 Å². The monoisotopic (exact) mass is 286 g/mol. The van der Waals surface area contributed by atoms with E-state index in [1.54, 1.807) is 0 Å². The van der Waals surface area contributed by atoms with Crippen molar-refractivity contribution in [3.63, 3.8) is 0 Å². The van der Waals surface area contributed by atoms with E-state index in [9.17, 15) is 0 Å². The van der Waals surface area contributed by atoms with Crippen LogP contribution in [0.3, 0.4) is 0 Å². The number of nitrogens with two attached hydrogens (primary N) is 1. The van der Waals surface area contributed by atoms with Crippen LogP contribution in [0.4, 0.5) is 0 Å². The summed E-state index contributed by atoms with van der Waals surface area (Å²) in [5.41, 5.74) is 7.58. The highest BCUT2D eigenvalue weighted by Gasteiger charge is 2.05. The molecule has 0 atom stereocenters. The lowest BCUT2D eigenvalue weighted by atomic mass is 10.1. The summed E-state index contributed by atoms with van der Waals surface area (Å²) < 4.78 is 5.32. The fraction of sp³-hybridized carbons (Fsp3) is 0.375. The standard InChI is InChI=1S/C16H22N4O/c1-12(2)8-9-18-16(17)19-11-14-10-15(21-20-14)13-6-4-3-5-7-13/h3-7,10,12H,8-9,11H2,1-2H3,(H3,17,18,19). The van der Waals surface area contributed by atoms with E-state index in [0.717, 1.165) is 30.0 Å². The first-order valence-electron chi connectivity index (χ1n) is 7.20. The molecule has 0 aliphatic carbocycles. The highest BCUT2D eigenvalue weighted by molar-refractivity contribution is 5.77. The van der Waals surface area contributed by atoms with Crippen molar-refractivity contribution in [2.75, 3.05) is 6.54 Å². The summed E-state index contributed by atoms with van der Waals surface area (Å²) in [5, 5.41) is 7.10. The predicted molar refractivity (Wildman–Crippen MR) is 84.7 cm³/mol. The molecule has 2 rings (SSSR count). The minimum absolute atomic E-state index is 0.414. The summed E-state index contributed by atoms with van der Waals surface area (Å²) in [6.45, 7) is 5.60. The zero-order valence-electron chi connectivity index (χ0n) is 12.5. The van der Waals surface area contributed by atoms with Crippen molar-refractivity contribution in [2.45, 2.75) is 26.8 Å². The van der Waals surface area contributed by atoms with Crippen molar-refractivity contribution in [3.8, 4) is 11.3 Å². The Morgan fingerprint density at radius 2 is 2.10 bits per heavy atom. The number of rotatable bonds is 6. The van der Waals surface area contributed by atoms with Gasteiger partial charge in [-0.25, -0.2) is 4.99 Å². The molecule has 2 aromatic rings. The number of benzene rings is 1. The second kappa shape index (κ2) is 7.47. The van der Waals surface area contributed by atoms with E-state index < -0.39 is 0 Å². The second-order valence-corrected chi connectivity index (χ2v) is 5.36. The Morgan fingerprint density at radius 1 is 1.33 bits per heavy atom. The fourth-order valence-corrected chi connectivity index (χ4v) is 1.84. The van der Waals surface area contributed by atoms with Crippen LogP contribution in [0.2, 0.25) is 0 Å². The summed E-state index contributed by atoms with van der Waals surface area (Å²) in [6.07, 6.45) is 1.07. The Labute approximate surface area is 125 Å². The van der Waals surface area contributed by atoms with Crippen LogP contribution in [-0.2, 0) is 6.54 Å². The molecule has 0 bridgehead atoms. The van der Waals surface area contributed by atoms with E-state index in [2.05, 4.69) is 29.3 Å². The summed E-state index contributed by atoms with van der Waals surface area (Å²) >= 11 is 0. The molecule has 0 amide bonds. The van der Waals surface area contributed by atoms with Crippen molar-refractivity contribution in [2.24, 2.45) is 16.6 Å². The molecule has 0 radical (unpaired) electrons. The van der Waals surface area contributed by atoms with Gasteiger partial charge in [0.1, 0.15) is 5.69 Å². The first-order valence-corrected chi connectivity index (χ1v) is 7.20. The maximum atomic E-state index is 5.81. The van der Waals surface area contributed by atoms with Crippen molar-refractivity contribution < 1.29 is 4.52 Å². The van der Waals surface area contributed by atoms with E-state index >= 15 is 0 Å². The van der Waals surface area contributed by atoms with Crippen LogP contribution in [0.15, 0.2) is 45.9 Å². The lowest BCUT2D eigenvalue weighted by Crippen LogP contribution is -2.32. The summed E-state index contributed by atoms with van der Waals surface area (Å²) in [6, 6.07) is 11.7. The molecule has 0 unspecified atom stereocenters. The Balaban J connectivity index is 1.88. The quantitative estimate of drug-likeness (QED) is 0.632. The van der Waals surface area contributed by atoms with Gasteiger partial charge in [-0.2, -0.15) is 0 Å². The molecule has 1 aromatic carbocycles. The van der Waals surface area contributed by atoms with Gasteiger partial charge in [0, 0.05) is 18.2 Å². The minimum atomic E-state index is 0.414. The number of nitrogens with one attached hydrogen (secondary N) is 1. The highest BCUT2D eigenvalue weighted by Crippen LogP contribution is 2.19. The molecule has 0 saturated carbocycles. The molecule has 0 aliphatic rings. The van der Waals surface area contributed by atoms with Crippen LogP contribution in [0, 0.1) is 5.92 Å². The van der Waals surface area contributed by atoms with Gasteiger partial charge < -0.3 is 15.6 Å². The molecule has 5 nitrogen and oxygen atoms in total. The lowest BCUT2D eigenvalue weighted by molar-refractivity contribution is 0.424. The third-order valence-corrected chi connectivity index (χ3v) is 3.06. The van der Waals surface area contributed by atoms with Gasteiger partial charge in [-0.3, -0.25) is 0 Å². The van der Waals surface area contributed by atoms with E-state index in [4.69, 9.17) is 10.3 Å². The van der Waals surface area contributed by atoms with E-state index in [0.29, 0.717) is 18.4 Å². The normalized spacial score (nSPS) is 11.9. The lowest BCUT2D eigenvalue weighted by Gasteiger charge is -2.06. The van der Waals surface area contributed by atoms with Crippen LogP contribution in [0.1, 0.15) is 26.0 Å². The third kappa shape index (κ3) is 4.95. The van der Waals surface area contributed by atoms with Crippen LogP contribution in [0.25, 0.3) is 11.3 Å². The molecule has 0 fully saturated rings. The second-order valence-electron chi connectivity index (χ2n) is 5.36. The zero-order valence-corrected chi connectivity index (χ0v) is 12.5. The number of guanidine groups is 1. The Hall–Kier alpha value is -2.30. The Kier molecular flexibility index (Phi) is 5.37. The topological polar surface area (TPSA) is 76.4 Å². The van der Waals surface area contributed by atoms with Gasteiger partial charge in [-0.15, -0.1) is 0 Å².